The van der Waals surface area contributed by atoms with E-state index in [1.165, 1.54) is 5.56 Å². The SMILES string of the molecule is C=Cc1ccc(CCC(=CC(C)OC)OCCC)cc1. The summed E-state index contributed by atoms with van der Waals surface area (Å²) in [6, 6.07) is 8.48. The molecule has 0 saturated carbocycles. The van der Waals surface area contributed by atoms with E-state index in [0.717, 1.165) is 37.2 Å². The Balaban J connectivity index is 2.59. The van der Waals surface area contributed by atoms with Crippen LogP contribution in [0.25, 0.3) is 6.08 Å². The quantitative estimate of drug-likeness (QED) is 0.612. The molecule has 1 atom stereocenters. The zero-order valence-electron chi connectivity index (χ0n) is 12.9. The molecule has 1 aromatic rings. The summed E-state index contributed by atoms with van der Waals surface area (Å²) in [6.07, 6.45) is 6.91. The number of methoxy groups -OCH3 is 1. The molecule has 110 valence electrons. The molecule has 1 unspecified atom stereocenters. The fourth-order valence-corrected chi connectivity index (χ4v) is 1.85. The lowest BCUT2D eigenvalue weighted by Gasteiger charge is -2.12. The third-order valence-electron chi connectivity index (χ3n) is 3.16. The van der Waals surface area contributed by atoms with Crippen LogP contribution < -0.4 is 0 Å². The summed E-state index contributed by atoms with van der Waals surface area (Å²) in [5.41, 5.74) is 2.46. The van der Waals surface area contributed by atoms with Gasteiger partial charge in [0.15, 0.2) is 0 Å². The Morgan fingerprint density at radius 2 is 2.00 bits per heavy atom. The maximum Gasteiger partial charge on any atom is 0.0948 e. The fraction of sp³-hybridized carbons (Fsp3) is 0.444. The molecule has 0 aliphatic rings. The van der Waals surface area contributed by atoms with Crippen LogP contribution in [0, 0.1) is 0 Å². The van der Waals surface area contributed by atoms with Gasteiger partial charge in [-0.2, -0.15) is 0 Å². The average Bonchev–Trinajstić information content (AvgIpc) is 2.50. The van der Waals surface area contributed by atoms with Crippen LogP contribution in [-0.2, 0) is 15.9 Å². The van der Waals surface area contributed by atoms with Crippen molar-refractivity contribution < 1.29 is 9.47 Å². The van der Waals surface area contributed by atoms with Crippen LogP contribution in [0.5, 0.6) is 0 Å². The maximum atomic E-state index is 5.80. The molecule has 0 bridgehead atoms. The molecule has 0 aliphatic heterocycles. The van der Waals surface area contributed by atoms with Crippen molar-refractivity contribution in [2.75, 3.05) is 13.7 Å². The summed E-state index contributed by atoms with van der Waals surface area (Å²) in [5, 5.41) is 0. The summed E-state index contributed by atoms with van der Waals surface area (Å²) in [5.74, 6) is 1.02. The third kappa shape index (κ3) is 6.07. The molecule has 0 radical (unpaired) electrons. The average molecular weight is 274 g/mol. The Morgan fingerprint density at radius 3 is 2.55 bits per heavy atom. The van der Waals surface area contributed by atoms with E-state index in [1.807, 2.05) is 13.0 Å². The van der Waals surface area contributed by atoms with E-state index in [2.05, 4.69) is 43.8 Å². The lowest BCUT2D eigenvalue weighted by molar-refractivity contribution is 0.143. The highest BCUT2D eigenvalue weighted by molar-refractivity contribution is 5.47. The number of benzene rings is 1. The first-order valence-electron chi connectivity index (χ1n) is 7.27. The van der Waals surface area contributed by atoms with Gasteiger partial charge in [-0.25, -0.2) is 0 Å². The van der Waals surface area contributed by atoms with Gasteiger partial charge in [0.05, 0.1) is 18.5 Å². The van der Waals surface area contributed by atoms with Gasteiger partial charge < -0.3 is 9.47 Å². The molecule has 1 rings (SSSR count). The summed E-state index contributed by atoms with van der Waals surface area (Å²) >= 11 is 0. The molecule has 0 heterocycles. The monoisotopic (exact) mass is 274 g/mol. The Kier molecular flexibility index (Phi) is 7.74. The number of allylic oxidation sites excluding steroid dienone is 1. The first kappa shape index (κ1) is 16.5. The van der Waals surface area contributed by atoms with E-state index < -0.39 is 0 Å². The second kappa shape index (κ2) is 9.38. The van der Waals surface area contributed by atoms with Gasteiger partial charge in [0.2, 0.25) is 0 Å². The Labute approximate surface area is 123 Å². The molecular weight excluding hydrogens is 248 g/mol. The van der Waals surface area contributed by atoms with E-state index >= 15 is 0 Å². The van der Waals surface area contributed by atoms with E-state index in [-0.39, 0.29) is 6.10 Å². The number of ether oxygens (including phenoxy) is 2. The predicted molar refractivity (Wildman–Crippen MR) is 85.7 cm³/mol. The van der Waals surface area contributed by atoms with Crippen molar-refractivity contribution in [3.63, 3.8) is 0 Å². The topological polar surface area (TPSA) is 18.5 Å². The molecule has 0 aromatic heterocycles. The molecule has 2 nitrogen and oxygen atoms in total. The van der Waals surface area contributed by atoms with Gasteiger partial charge in [-0.1, -0.05) is 43.8 Å². The highest BCUT2D eigenvalue weighted by Gasteiger charge is 2.03. The van der Waals surface area contributed by atoms with Crippen LogP contribution in [0.3, 0.4) is 0 Å². The molecule has 0 saturated heterocycles. The van der Waals surface area contributed by atoms with Crippen LogP contribution in [0.1, 0.15) is 37.8 Å². The molecule has 0 amide bonds. The number of hydrogen-bond donors (Lipinski definition) is 0. The van der Waals surface area contributed by atoms with Crippen LogP contribution in [0.4, 0.5) is 0 Å². The summed E-state index contributed by atoms with van der Waals surface area (Å²) in [6.45, 7) is 8.67. The van der Waals surface area contributed by atoms with Crippen LogP contribution in [-0.4, -0.2) is 19.8 Å². The second-order valence-electron chi connectivity index (χ2n) is 4.87. The highest BCUT2D eigenvalue weighted by atomic mass is 16.5. The highest BCUT2D eigenvalue weighted by Crippen LogP contribution is 2.14. The van der Waals surface area contributed by atoms with Crippen molar-refractivity contribution in [2.24, 2.45) is 0 Å². The fourth-order valence-electron chi connectivity index (χ4n) is 1.85. The van der Waals surface area contributed by atoms with Gasteiger partial charge in [0.25, 0.3) is 0 Å². The first-order chi connectivity index (χ1) is 9.69. The van der Waals surface area contributed by atoms with E-state index in [0.29, 0.717) is 0 Å². The smallest absolute Gasteiger partial charge is 0.0948 e. The number of aryl methyl sites for hydroxylation is 1. The van der Waals surface area contributed by atoms with Crippen molar-refractivity contribution in [3.05, 3.63) is 53.8 Å². The van der Waals surface area contributed by atoms with Crippen molar-refractivity contribution in [3.8, 4) is 0 Å². The van der Waals surface area contributed by atoms with Gasteiger partial charge in [-0.05, 0) is 37.0 Å². The predicted octanol–water partition coefficient (Wildman–Crippen LogP) is 4.61. The third-order valence-corrected chi connectivity index (χ3v) is 3.16. The zero-order chi connectivity index (χ0) is 14.8. The van der Waals surface area contributed by atoms with Crippen molar-refractivity contribution in [2.45, 2.75) is 39.2 Å². The number of hydrogen-bond acceptors (Lipinski definition) is 2. The summed E-state index contributed by atoms with van der Waals surface area (Å²) in [7, 11) is 1.71. The van der Waals surface area contributed by atoms with Crippen molar-refractivity contribution in [1.29, 1.82) is 0 Å². The van der Waals surface area contributed by atoms with E-state index in [4.69, 9.17) is 9.47 Å². The van der Waals surface area contributed by atoms with E-state index in [1.54, 1.807) is 7.11 Å². The van der Waals surface area contributed by atoms with Gasteiger partial charge >= 0.3 is 0 Å². The summed E-state index contributed by atoms with van der Waals surface area (Å²) in [4.78, 5) is 0. The van der Waals surface area contributed by atoms with E-state index in [9.17, 15) is 0 Å². The first-order valence-corrected chi connectivity index (χ1v) is 7.27. The Hall–Kier alpha value is -1.54. The van der Waals surface area contributed by atoms with Gasteiger partial charge in [0.1, 0.15) is 0 Å². The van der Waals surface area contributed by atoms with Crippen LogP contribution in [0.15, 0.2) is 42.7 Å². The Morgan fingerprint density at radius 1 is 1.30 bits per heavy atom. The molecule has 0 spiro atoms. The van der Waals surface area contributed by atoms with Crippen molar-refractivity contribution in [1.82, 2.24) is 0 Å². The Bertz CT molecular complexity index is 418. The minimum absolute atomic E-state index is 0.0880. The van der Waals surface area contributed by atoms with Gasteiger partial charge in [-0.3, -0.25) is 0 Å². The largest absolute Gasteiger partial charge is 0.498 e. The van der Waals surface area contributed by atoms with Crippen molar-refractivity contribution >= 4 is 6.08 Å². The number of rotatable bonds is 9. The lowest BCUT2D eigenvalue weighted by atomic mass is 10.1. The molecule has 2 heteroatoms. The molecule has 0 N–H and O–H groups in total. The molecular formula is C18H26O2. The minimum Gasteiger partial charge on any atom is -0.498 e. The van der Waals surface area contributed by atoms with Gasteiger partial charge in [0, 0.05) is 13.5 Å². The lowest BCUT2D eigenvalue weighted by Crippen LogP contribution is -2.05. The molecule has 20 heavy (non-hydrogen) atoms. The molecule has 1 aromatic carbocycles. The zero-order valence-corrected chi connectivity index (χ0v) is 12.9. The van der Waals surface area contributed by atoms with Crippen LogP contribution in [0.2, 0.25) is 0 Å². The normalized spacial score (nSPS) is 13.1. The second-order valence-corrected chi connectivity index (χ2v) is 4.87. The maximum absolute atomic E-state index is 5.80. The van der Waals surface area contributed by atoms with Crippen LogP contribution >= 0.6 is 0 Å². The minimum atomic E-state index is 0.0880. The molecule has 0 fully saturated rings. The molecule has 0 aliphatic carbocycles. The standard InChI is InChI=1S/C18H26O2/c1-5-13-20-18(14-15(3)19-4)12-11-17-9-7-16(6-2)8-10-17/h6-10,14-15H,2,5,11-13H2,1,3-4H3. The summed E-state index contributed by atoms with van der Waals surface area (Å²) < 4.78 is 11.1. The van der Waals surface area contributed by atoms with Gasteiger partial charge in [-0.15, -0.1) is 0 Å².